The first-order chi connectivity index (χ1) is 8.63. The number of rotatable bonds is 3. The predicted molar refractivity (Wildman–Crippen MR) is 63.7 cm³/mol. The Morgan fingerprint density at radius 2 is 1.89 bits per heavy atom. The molecule has 0 fully saturated rings. The van der Waals surface area contributed by atoms with E-state index in [1.54, 1.807) is 31.3 Å². The van der Waals surface area contributed by atoms with Gasteiger partial charge >= 0.3 is 0 Å². The lowest BCUT2D eigenvalue weighted by Gasteiger charge is -2.01. The molecule has 1 aromatic carbocycles. The van der Waals surface area contributed by atoms with Gasteiger partial charge in [0, 0.05) is 18.2 Å². The standard InChI is InChI=1S/C11H11N5O2/c1-13-11(18)7-4-2-6(3-5-7)8-9(10(12)17)15-16-14-8/h2-5H,1H3,(H2,12,17)(H,13,18)(H,14,15,16). The van der Waals surface area contributed by atoms with Crippen molar-refractivity contribution in [2.75, 3.05) is 7.05 Å². The molecule has 2 aromatic rings. The van der Waals surface area contributed by atoms with Crippen LogP contribution in [-0.4, -0.2) is 34.3 Å². The highest BCUT2D eigenvalue weighted by Crippen LogP contribution is 2.19. The molecule has 0 radical (unpaired) electrons. The first-order valence-electron chi connectivity index (χ1n) is 5.16. The lowest BCUT2D eigenvalue weighted by Crippen LogP contribution is -2.17. The fourth-order valence-corrected chi connectivity index (χ4v) is 1.53. The van der Waals surface area contributed by atoms with Crippen LogP contribution in [0.5, 0.6) is 0 Å². The van der Waals surface area contributed by atoms with Crippen molar-refractivity contribution in [3.05, 3.63) is 35.5 Å². The minimum Gasteiger partial charge on any atom is -0.364 e. The smallest absolute Gasteiger partial charge is 0.271 e. The Kier molecular flexibility index (Phi) is 3.05. The molecule has 0 aliphatic heterocycles. The maximum absolute atomic E-state index is 11.4. The average molecular weight is 245 g/mol. The van der Waals surface area contributed by atoms with Crippen LogP contribution in [0, 0.1) is 0 Å². The van der Waals surface area contributed by atoms with Crippen LogP contribution in [0.4, 0.5) is 0 Å². The van der Waals surface area contributed by atoms with Gasteiger partial charge in [0.15, 0.2) is 5.69 Å². The van der Waals surface area contributed by atoms with Gasteiger partial charge < -0.3 is 11.1 Å². The summed E-state index contributed by atoms with van der Waals surface area (Å²) in [5.41, 5.74) is 6.79. The highest BCUT2D eigenvalue weighted by atomic mass is 16.2. The van der Waals surface area contributed by atoms with E-state index in [2.05, 4.69) is 20.7 Å². The number of carbonyl (C=O) groups is 2. The lowest BCUT2D eigenvalue weighted by molar-refractivity contribution is 0.0961. The van der Waals surface area contributed by atoms with Crippen molar-refractivity contribution in [2.24, 2.45) is 5.73 Å². The van der Waals surface area contributed by atoms with Gasteiger partial charge in [-0.2, -0.15) is 15.4 Å². The number of amides is 2. The number of aromatic nitrogens is 3. The zero-order chi connectivity index (χ0) is 13.1. The maximum atomic E-state index is 11.4. The van der Waals surface area contributed by atoms with E-state index >= 15 is 0 Å². The maximum Gasteiger partial charge on any atom is 0.271 e. The fraction of sp³-hybridized carbons (Fsp3) is 0.0909. The minimum absolute atomic E-state index is 0.0719. The van der Waals surface area contributed by atoms with Gasteiger partial charge in [0.05, 0.1) is 0 Å². The van der Waals surface area contributed by atoms with Crippen molar-refractivity contribution in [3.8, 4) is 11.3 Å². The first kappa shape index (κ1) is 11.8. The molecule has 0 aliphatic rings. The summed E-state index contributed by atoms with van der Waals surface area (Å²) in [7, 11) is 1.55. The molecule has 4 N–H and O–H groups in total. The Bertz CT molecular complexity index is 588. The molecular formula is C11H11N5O2. The number of nitrogens with one attached hydrogen (secondary N) is 2. The van der Waals surface area contributed by atoms with Crippen LogP contribution in [0.1, 0.15) is 20.8 Å². The van der Waals surface area contributed by atoms with Crippen LogP contribution < -0.4 is 11.1 Å². The third kappa shape index (κ3) is 2.05. The summed E-state index contributed by atoms with van der Waals surface area (Å²) in [4.78, 5) is 22.5. The van der Waals surface area contributed by atoms with E-state index in [0.717, 1.165) is 0 Å². The van der Waals surface area contributed by atoms with E-state index < -0.39 is 5.91 Å². The summed E-state index contributed by atoms with van der Waals surface area (Å²) in [5, 5.41) is 12.4. The summed E-state index contributed by atoms with van der Waals surface area (Å²) in [6, 6.07) is 6.62. The topological polar surface area (TPSA) is 114 Å². The Labute approximate surface area is 102 Å². The van der Waals surface area contributed by atoms with Gasteiger partial charge in [-0.05, 0) is 12.1 Å². The second-order valence-electron chi connectivity index (χ2n) is 3.54. The molecule has 1 heterocycles. The van der Waals surface area contributed by atoms with Crippen molar-refractivity contribution in [1.29, 1.82) is 0 Å². The highest BCUT2D eigenvalue weighted by Gasteiger charge is 2.15. The second-order valence-corrected chi connectivity index (χ2v) is 3.54. The Balaban J connectivity index is 2.37. The van der Waals surface area contributed by atoms with E-state index in [-0.39, 0.29) is 11.6 Å². The number of benzene rings is 1. The number of hydrogen-bond acceptors (Lipinski definition) is 4. The zero-order valence-electron chi connectivity index (χ0n) is 9.60. The highest BCUT2D eigenvalue weighted by molar-refractivity contribution is 5.97. The van der Waals surface area contributed by atoms with Crippen LogP contribution >= 0.6 is 0 Å². The molecule has 1 aromatic heterocycles. The molecule has 18 heavy (non-hydrogen) atoms. The molecule has 0 aliphatic carbocycles. The molecule has 2 rings (SSSR count). The molecule has 0 bridgehead atoms. The quantitative estimate of drug-likeness (QED) is 0.702. The summed E-state index contributed by atoms with van der Waals surface area (Å²) >= 11 is 0. The zero-order valence-corrected chi connectivity index (χ0v) is 9.60. The van der Waals surface area contributed by atoms with Crippen LogP contribution in [0.3, 0.4) is 0 Å². The summed E-state index contributed by atoms with van der Waals surface area (Å²) in [6.45, 7) is 0. The van der Waals surface area contributed by atoms with E-state index in [4.69, 9.17) is 5.73 Å². The Hall–Kier alpha value is -2.70. The van der Waals surface area contributed by atoms with Gasteiger partial charge in [0.25, 0.3) is 11.8 Å². The summed E-state index contributed by atoms with van der Waals surface area (Å²) in [5.74, 6) is -0.842. The van der Waals surface area contributed by atoms with E-state index in [1.807, 2.05) is 0 Å². The monoisotopic (exact) mass is 245 g/mol. The average Bonchev–Trinajstić information content (AvgIpc) is 2.87. The molecule has 0 spiro atoms. The van der Waals surface area contributed by atoms with E-state index in [1.165, 1.54) is 0 Å². The number of nitrogens with zero attached hydrogens (tertiary/aromatic N) is 2. The van der Waals surface area contributed by atoms with Crippen molar-refractivity contribution in [3.63, 3.8) is 0 Å². The number of aromatic amines is 1. The van der Waals surface area contributed by atoms with Crippen molar-refractivity contribution < 1.29 is 9.59 Å². The normalized spacial score (nSPS) is 10.1. The van der Waals surface area contributed by atoms with E-state index in [9.17, 15) is 9.59 Å². The molecule has 0 unspecified atom stereocenters. The Morgan fingerprint density at radius 3 is 2.44 bits per heavy atom. The molecule has 0 atom stereocenters. The molecule has 92 valence electrons. The third-order valence-electron chi connectivity index (χ3n) is 2.43. The summed E-state index contributed by atoms with van der Waals surface area (Å²) < 4.78 is 0. The number of H-pyrrole nitrogens is 1. The summed E-state index contributed by atoms with van der Waals surface area (Å²) in [6.07, 6.45) is 0. The van der Waals surface area contributed by atoms with Crippen LogP contribution in [-0.2, 0) is 0 Å². The molecule has 0 saturated carbocycles. The molecule has 7 heteroatoms. The van der Waals surface area contributed by atoms with Crippen molar-refractivity contribution >= 4 is 11.8 Å². The molecule has 2 amide bonds. The lowest BCUT2D eigenvalue weighted by atomic mass is 10.1. The molecule has 7 nitrogen and oxygen atoms in total. The van der Waals surface area contributed by atoms with Gasteiger partial charge in [-0.3, -0.25) is 9.59 Å². The van der Waals surface area contributed by atoms with Crippen LogP contribution in [0.2, 0.25) is 0 Å². The van der Waals surface area contributed by atoms with Crippen molar-refractivity contribution in [2.45, 2.75) is 0 Å². The predicted octanol–water partition coefficient (Wildman–Crippen LogP) is -0.0698. The largest absolute Gasteiger partial charge is 0.364 e. The first-order valence-corrected chi connectivity index (χ1v) is 5.16. The SMILES string of the molecule is CNC(=O)c1ccc(-c2n[nH]nc2C(N)=O)cc1. The van der Waals surface area contributed by atoms with Gasteiger partial charge in [-0.25, -0.2) is 0 Å². The number of primary amides is 1. The van der Waals surface area contributed by atoms with Gasteiger partial charge in [-0.15, -0.1) is 0 Å². The fourth-order valence-electron chi connectivity index (χ4n) is 1.53. The van der Waals surface area contributed by atoms with Gasteiger partial charge in [0.1, 0.15) is 5.69 Å². The molecular weight excluding hydrogens is 234 g/mol. The van der Waals surface area contributed by atoms with Gasteiger partial charge in [-0.1, -0.05) is 12.1 Å². The number of nitrogens with two attached hydrogens (primary N) is 1. The van der Waals surface area contributed by atoms with Crippen LogP contribution in [0.25, 0.3) is 11.3 Å². The molecule has 0 saturated heterocycles. The Morgan fingerprint density at radius 1 is 1.22 bits per heavy atom. The van der Waals surface area contributed by atoms with Crippen LogP contribution in [0.15, 0.2) is 24.3 Å². The number of carbonyl (C=O) groups excluding carboxylic acids is 2. The minimum atomic E-state index is -0.658. The van der Waals surface area contributed by atoms with E-state index in [0.29, 0.717) is 16.8 Å². The second kappa shape index (κ2) is 4.66. The number of hydrogen-bond donors (Lipinski definition) is 3. The van der Waals surface area contributed by atoms with Crippen molar-refractivity contribution in [1.82, 2.24) is 20.7 Å². The third-order valence-corrected chi connectivity index (χ3v) is 2.43. The van der Waals surface area contributed by atoms with Gasteiger partial charge in [0.2, 0.25) is 0 Å².